The van der Waals surface area contributed by atoms with Crippen LogP contribution in [0, 0.1) is 5.92 Å². The number of aromatic nitrogens is 1. The molecule has 0 saturated carbocycles. The number of ether oxygens (including phenoxy) is 1. The highest BCUT2D eigenvalue weighted by Crippen LogP contribution is 2.21. The average molecular weight is 249 g/mol. The predicted octanol–water partition coefficient (Wildman–Crippen LogP) is 1.16. The molecule has 0 bridgehead atoms. The normalized spacial score (nSPS) is 24.0. The molecule has 1 aromatic heterocycles. The Morgan fingerprint density at radius 3 is 3.06 bits per heavy atom. The zero-order valence-corrected chi connectivity index (χ0v) is 10.8. The first kappa shape index (κ1) is 12.8. The van der Waals surface area contributed by atoms with E-state index in [1.54, 1.807) is 25.4 Å². The summed E-state index contributed by atoms with van der Waals surface area (Å²) in [5.74, 6) is 0.856. The van der Waals surface area contributed by atoms with Gasteiger partial charge in [-0.25, -0.2) is 4.98 Å². The summed E-state index contributed by atoms with van der Waals surface area (Å²) in [4.78, 5) is 18.0. The lowest BCUT2D eigenvalue weighted by molar-refractivity contribution is -0.00156. The van der Waals surface area contributed by atoms with Crippen molar-refractivity contribution in [3.63, 3.8) is 0 Å². The van der Waals surface area contributed by atoms with Crippen LogP contribution in [0.2, 0.25) is 0 Å². The van der Waals surface area contributed by atoms with Gasteiger partial charge in [-0.15, -0.1) is 0 Å². The molecule has 5 heteroatoms. The van der Waals surface area contributed by atoms with E-state index in [0.717, 1.165) is 13.0 Å². The Hall–Kier alpha value is -1.62. The number of piperidine rings is 1. The Morgan fingerprint density at radius 2 is 2.39 bits per heavy atom. The Bertz CT molecular complexity index is 436. The standard InChI is InChI=1S/C13H19N3O2/c1-9-4-6-16(8-11(9)18-2)13(17)10-3-5-15-12(14)7-10/h3,5,7,9,11H,4,6,8H2,1-2H3,(H2,14,15). The number of nitrogen functional groups attached to an aromatic ring is 1. The fraction of sp³-hybridized carbons (Fsp3) is 0.538. The summed E-state index contributed by atoms with van der Waals surface area (Å²) in [7, 11) is 1.69. The molecule has 2 atom stereocenters. The molecule has 2 heterocycles. The second-order valence-electron chi connectivity index (χ2n) is 4.76. The highest BCUT2D eigenvalue weighted by atomic mass is 16.5. The van der Waals surface area contributed by atoms with Crippen LogP contribution in [0.25, 0.3) is 0 Å². The quantitative estimate of drug-likeness (QED) is 0.854. The van der Waals surface area contributed by atoms with Gasteiger partial charge in [-0.3, -0.25) is 4.79 Å². The summed E-state index contributed by atoms with van der Waals surface area (Å²) < 4.78 is 5.41. The minimum atomic E-state index is -0.00181. The van der Waals surface area contributed by atoms with Crippen LogP contribution in [0.4, 0.5) is 5.82 Å². The van der Waals surface area contributed by atoms with Gasteiger partial charge in [0.05, 0.1) is 6.10 Å². The minimum Gasteiger partial charge on any atom is -0.384 e. The number of pyridine rings is 1. The van der Waals surface area contributed by atoms with E-state index >= 15 is 0 Å². The monoisotopic (exact) mass is 249 g/mol. The number of anilines is 1. The van der Waals surface area contributed by atoms with Gasteiger partial charge in [0, 0.05) is 32.0 Å². The maximum absolute atomic E-state index is 12.3. The van der Waals surface area contributed by atoms with Crippen LogP contribution in [0.15, 0.2) is 18.3 Å². The van der Waals surface area contributed by atoms with Gasteiger partial charge in [-0.1, -0.05) is 6.92 Å². The van der Waals surface area contributed by atoms with Crippen LogP contribution < -0.4 is 5.73 Å². The lowest BCUT2D eigenvalue weighted by atomic mass is 9.95. The zero-order valence-electron chi connectivity index (χ0n) is 10.8. The second-order valence-corrected chi connectivity index (χ2v) is 4.76. The molecule has 0 spiro atoms. The highest BCUT2D eigenvalue weighted by Gasteiger charge is 2.29. The third kappa shape index (κ3) is 2.61. The molecule has 1 saturated heterocycles. The van der Waals surface area contributed by atoms with E-state index in [1.165, 1.54) is 0 Å². The molecule has 1 amide bonds. The molecule has 1 aliphatic rings. The molecule has 0 aromatic carbocycles. The number of nitrogens with two attached hydrogens (primary N) is 1. The van der Waals surface area contributed by atoms with E-state index in [4.69, 9.17) is 10.5 Å². The van der Waals surface area contributed by atoms with E-state index in [0.29, 0.717) is 23.8 Å². The van der Waals surface area contributed by atoms with Gasteiger partial charge >= 0.3 is 0 Å². The highest BCUT2D eigenvalue weighted by molar-refractivity contribution is 5.94. The van der Waals surface area contributed by atoms with Crippen LogP contribution in [0.1, 0.15) is 23.7 Å². The van der Waals surface area contributed by atoms with Crippen molar-refractivity contribution in [2.75, 3.05) is 25.9 Å². The molecular formula is C13H19N3O2. The van der Waals surface area contributed by atoms with Crippen LogP contribution in [-0.4, -0.2) is 42.1 Å². The summed E-state index contributed by atoms with van der Waals surface area (Å²) in [5.41, 5.74) is 6.18. The molecule has 5 nitrogen and oxygen atoms in total. The lowest BCUT2D eigenvalue weighted by Gasteiger charge is -2.36. The van der Waals surface area contributed by atoms with Crippen molar-refractivity contribution < 1.29 is 9.53 Å². The minimum absolute atomic E-state index is 0.00181. The molecule has 1 aliphatic heterocycles. The van der Waals surface area contributed by atoms with Crippen molar-refractivity contribution in [3.8, 4) is 0 Å². The third-order valence-electron chi connectivity index (χ3n) is 3.51. The van der Waals surface area contributed by atoms with E-state index in [1.807, 2.05) is 4.90 Å². The van der Waals surface area contributed by atoms with E-state index < -0.39 is 0 Å². The largest absolute Gasteiger partial charge is 0.384 e. The second kappa shape index (κ2) is 5.35. The third-order valence-corrected chi connectivity index (χ3v) is 3.51. The SMILES string of the molecule is COC1CN(C(=O)c2ccnc(N)c2)CCC1C. The van der Waals surface area contributed by atoms with Crippen molar-refractivity contribution in [1.82, 2.24) is 9.88 Å². The van der Waals surface area contributed by atoms with Crippen LogP contribution in [0.3, 0.4) is 0 Å². The number of methoxy groups -OCH3 is 1. The summed E-state index contributed by atoms with van der Waals surface area (Å²) in [5, 5.41) is 0. The predicted molar refractivity (Wildman–Crippen MR) is 69.1 cm³/mol. The number of likely N-dealkylation sites (tertiary alicyclic amines) is 1. The topological polar surface area (TPSA) is 68.5 Å². The summed E-state index contributed by atoms with van der Waals surface area (Å²) in [6, 6.07) is 3.31. The summed E-state index contributed by atoms with van der Waals surface area (Å²) in [6.45, 7) is 3.56. The Labute approximate surface area is 107 Å². The molecule has 0 aliphatic carbocycles. The first-order valence-electron chi connectivity index (χ1n) is 6.15. The first-order valence-corrected chi connectivity index (χ1v) is 6.15. The Kier molecular flexibility index (Phi) is 3.81. The zero-order chi connectivity index (χ0) is 13.1. The fourth-order valence-electron chi connectivity index (χ4n) is 2.29. The Balaban J connectivity index is 2.10. The van der Waals surface area contributed by atoms with Crippen LogP contribution >= 0.6 is 0 Å². The van der Waals surface area contributed by atoms with E-state index in [9.17, 15) is 4.79 Å². The molecule has 2 N–H and O–H groups in total. The van der Waals surface area contributed by atoms with Gasteiger partial charge < -0.3 is 15.4 Å². The Morgan fingerprint density at radius 1 is 1.61 bits per heavy atom. The number of carbonyl (C=O) groups excluding carboxylic acids is 1. The average Bonchev–Trinajstić information content (AvgIpc) is 2.38. The molecule has 2 unspecified atom stereocenters. The fourth-order valence-corrected chi connectivity index (χ4v) is 2.29. The molecule has 98 valence electrons. The number of amides is 1. The van der Waals surface area contributed by atoms with Gasteiger partial charge in [0.2, 0.25) is 0 Å². The molecule has 18 heavy (non-hydrogen) atoms. The van der Waals surface area contributed by atoms with E-state index in [2.05, 4.69) is 11.9 Å². The maximum Gasteiger partial charge on any atom is 0.254 e. The van der Waals surface area contributed by atoms with Crippen LogP contribution in [0.5, 0.6) is 0 Å². The number of rotatable bonds is 2. The van der Waals surface area contributed by atoms with Crippen molar-refractivity contribution >= 4 is 11.7 Å². The molecule has 1 aromatic rings. The number of hydrogen-bond acceptors (Lipinski definition) is 4. The molecule has 1 fully saturated rings. The van der Waals surface area contributed by atoms with Gasteiger partial charge in [-0.2, -0.15) is 0 Å². The van der Waals surface area contributed by atoms with Gasteiger partial charge in [0.1, 0.15) is 5.82 Å². The first-order chi connectivity index (χ1) is 8.61. The van der Waals surface area contributed by atoms with Crippen molar-refractivity contribution in [1.29, 1.82) is 0 Å². The smallest absolute Gasteiger partial charge is 0.254 e. The van der Waals surface area contributed by atoms with Crippen molar-refractivity contribution in [2.45, 2.75) is 19.4 Å². The summed E-state index contributed by atoms with van der Waals surface area (Å²) in [6.07, 6.45) is 2.63. The van der Waals surface area contributed by atoms with Gasteiger partial charge in [-0.05, 0) is 24.5 Å². The molecule has 0 radical (unpaired) electrons. The van der Waals surface area contributed by atoms with Gasteiger partial charge in [0.25, 0.3) is 5.91 Å². The number of nitrogens with zero attached hydrogens (tertiary/aromatic N) is 2. The van der Waals surface area contributed by atoms with Gasteiger partial charge in [0.15, 0.2) is 0 Å². The van der Waals surface area contributed by atoms with Crippen molar-refractivity contribution in [2.24, 2.45) is 5.92 Å². The molecular weight excluding hydrogens is 230 g/mol. The maximum atomic E-state index is 12.3. The number of carbonyl (C=O) groups is 1. The number of hydrogen-bond donors (Lipinski definition) is 1. The summed E-state index contributed by atoms with van der Waals surface area (Å²) >= 11 is 0. The lowest BCUT2D eigenvalue weighted by Crippen LogP contribution is -2.46. The molecule has 2 rings (SSSR count). The van der Waals surface area contributed by atoms with Crippen molar-refractivity contribution in [3.05, 3.63) is 23.9 Å². The van der Waals surface area contributed by atoms with Crippen LogP contribution in [-0.2, 0) is 4.74 Å². The van der Waals surface area contributed by atoms with E-state index in [-0.39, 0.29) is 12.0 Å².